The first kappa shape index (κ1) is 18.5. The topological polar surface area (TPSA) is 78.2 Å². The van der Waals surface area contributed by atoms with Gasteiger partial charge in [-0.1, -0.05) is 6.07 Å². The third-order valence-electron chi connectivity index (χ3n) is 4.95. The Morgan fingerprint density at radius 2 is 2.04 bits per heavy atom. The standard InChI is InChI=1S/C19H26N4O3/c1-13-5-4-6-17-20-8-16(19(26)23(13)17)18(25)22-10-14(9-21(2)3)7-15(11-22)12-24/h4-6,8,14-15,24H,7,9-12H2,1-3H3. The van der Waals surface area contributed by atoms with Crippen molar-refractivity contribution in [1.29, 1.82) is 0 Å². The number of aryl methyl sites for hydroxylation is 1. The van der Waals surface area contributed by atoms with Gasteiger partial charge in [0.2, 0.25) is 0 Å². The summed E-state index contributed by atoms with van der Waals surface area (Å²) < 4.78 is 1.47. The molecule has 0 spiro atoms. The van der Waals surface area contributed by atoms with E-state index in [1.807, 2.05) is 33.2 Å². The number of hydrogen-bond acceptors (Lipinski definition) is 5. The molecule has 1 aliphatic heterocycles. The van der Waals surface area contributed by atoms with Gasteiger partial charge in [0.05, 0.1) is 0 Å². The molecule has 140 valence electrons. The van der Waals surface area contributed by atoms with E-state index in [1.165, 1.54) is 10.6 Å². The lowest BCUT2D eigenvalue weighted by atomic mass is 9.89. The van der Waals surface area contributed by atoms with Gasteiger partial charge < -0.3 is 14.9 Å². The van der Waals surface area contributed by atoms with Crippen LogP contribution in [0.1, 0.15) is 22.5 Å². The maximum absolute atomic E-state index is 13.0. The summed E-state index contributed by atoms with van der Waals surface area (Å²) in [6, 6.07) is 5.40. The minimum Gasteiger partial charge on any atom is -0.396 e. The van der Waals surface area contributed by atoms with E-state index in [0.29, 0.717) is 18.7 Å². The van der Waals surface area contributed by atoms with Crippen molar-refractivity contribution in [3.05, 3.63) is 46.0 Å². The summed E-state index contributed by atoms with van der Waals surface area (Å²) >= 11 is 0. The van der Waals surface area contributed by atoms with E-state index in [1.54, 1.807) is 11.0 Å². The minimum atomic E-state index is -0.339. The van der Waals surface area contributed by atoms with Crippen LogP contribution in [0.3, 0.4) is 0 Å². The van der Waals surface area contributed by atoms with E-state index >= 15 is 0 Å². The fourth-order valence-corrected chi connectivity index (χ4v) is 3.86. The maximum atomic E-state index is 13.0. The second-order valence-electron chi connectivity index (χ2n) is 7.46. The predicted molar refractivity (Wildman–Crippen MR) is 99.3 cm³/mol. The quantitative estimate of drug-likeness (QED) is 0.868. The largest absolute Gasteiger partial charge is 0.396 e. The van der Waals surface area contributed by atoms with Gasteiger partial charge in [-0.25, -0.2) is 4.98 Å². The molecule has 1 aliphatic rings. The van der Waals surface area contributed by atoms with E-state index in [9.17, 15) is 14.7 Å². The fourth-order valence-electron chi connectivity index (χ4n) is 3.86. The predicted octanol–water partition coefficient (Wildman–Crippen LogP) is 0.635. The first-order chi connectivity index (χ1) is 12.4. The molecular formula is C19H26N4O3. The number of fused-ring (bicyclic) bond motifs is 1. The number of aromatic nitrogens is 2. The van der Waals surface area contributed by atoms with Crippen molar-refractivity contribution in [3.8, 4) is 0 Å². The van der Waals surface area contributed by atoms with Crippen molar-refractivity contribution in [2.24, 2.45) is 11.8 Å². The molecule has 3 heterocycles. The summed E-state index contributed by atoms with van der Waals surface area (Å²) in [4.78, 5) is 34.0. The minimum absolute atomic E-state index is 0.0376. The van der Waals surface area contributed by atoms with Gasteiger partial charge >= 0.3 is 0 Å². The van der Waals surface area contributed by atoms with Gasteiger partial charge in [0.1, 0.15) is 11.2 Å². The summed E-state index contributed by atoms with van der Waals surface area (Å²) in [6.45, 7) is 3.76. The van der Waals surface area contributed by atoms with Crippen LogP contribution in [0.15, 0.2) is 29.2 Å². The van der Waals surface area contributed by atoms with Gasteiger partial charge in [-0.3, -0.25) is 14.0 Å². The Balaban J connectivity index is 1.93. The number of aliphatic hydroxyl groups is 1. The molecule has 1 fully saturated rings. The molecule has 26 heavy (non-hydrogen) atoms. The van der Waals surface area contributed by atoms with Crippen molar-refractivity contribution < 1.29 is 9.90 Å². The molecule has 1 amide bonds. The average Bonchev–Trinajstić information content (AvgIpc) is 2.60. The normalized spacial score (nSPS) is 20.7. The van der Waals surface area contributed by atoms with Gasteiger partial charge in [0, 0.05) is 38.1 Å². The fraction of sp³-hybridized carbons (Fsp3) is 0.526. The van der Waals surface area contributed by atoms with Crippen LogP contribution in [0.25, 0.3) is 5.65 Å². The Bertz CT molecular complexity index is 861. The number of likely N-dealkylation sites (tertiary alicyclic amines) is 1. The second kappa shape index (κ2) is 7.55. The summed E-state index contributed by atoms with van der Waals surface area (Å²) in [5.41, 5.74) is 1.02. The Labute approximate surface area is 152 Å². The number of pyridine rings is 1. The van der Waals surface area contributed by atoms with Crippen LogP contribution < -0.4 is 5.56 Å². The van der Waals surface area contributed by atoms with Crippen molar-refractivity contribution in [2.75, 3.05) is 40.3 Å². The van der Waals surface area contributed by atoms with E-state index in [0.717, 1.165) is 18.7 Å². The molecule has 0 saturated carbocycles. The van der Waals surface area contributed by atoms with Crippen molar-refractivity contribution in [2.45, 2.75) is 13.3 Å². The summed E-state index contributed by atoms with van der Waals surface area (Å²) in [6.07, 6.45) is 2.26. The van der Waals surface area contributed by atoms with E-state index in [-0.39, 0.29) is 35.5 Å². The number of aliphatic hydroxyl groups excluding tert-OH is 1. The molecule has 1 saturated heterocycles. The van der Waals surface area contributed by atoms with Gasteiger partial charge in [-0.05, 0) is 51.4 Å². The van der Waals surface area contributed by atoms with E-state index in [4.69, 9.17) is 0 Å². The molecule has 7 nitrogen and oxygen atoms in total. The van der Waals surface area contributed by atoms with Crippen molar-refractivity contribution in [3.63, 3.8) is 0 Å². The highest BCUT2D eigenvalue weighted by atomic mass is 16.3. The summed E-state index contributed by atoms with van der Waals surface area (Å²) in [7, 11) is 3.99. The van der Waals surface area contributed by atoms with Gasteiger partial charge in [0.25, 0.3) is 11.5 Å². The first-order valence-electron chi connectivity index (χ1n) is 8.93. The summed E-state index contributed by atoms with van der Waals surface area (Å²) in [5, 5.41) is 9.62. The smallest absolute Gasteiger partial charge is 0.270 e. The number of piperidine rings is 1. The third kappa shape index (κ3) is 3.64. The third-order valence-corrected chi connectivity index (χ3v) is 4.95. The molecule has 2 unspecified atom stereocenters. The van der Waals surface area contributed by atoms with Crippen LogP contribution >= 0.6 is 0 Å². The Kier molecular flexibility index (Phi) is 5.38. The number of amides is 1. The monoisotopic (exact) mass is 358 g/mol. The molecule has 0 aromatic carbocycles. The second-order valence-corrected chi connectivity index (χ2v) is 7.46. The first-order valence-corrected chi connectivity index (χ1v) is 8.93. The van der Waals surface area contributed by atoms with Crippen LogP contribution in [0.4, 0.5) is 0 Å². The number of nitrogens with zero attached hydrogens (tertiary/aromatic N) is 4. The lowest BCUT2D eigenvalue weighted by molar-refractivity contribution is 0.0475. The zero-order valence-electron chi connectivity index (χ0n) is 15.6. The molecule has 0 bridgehead atoms. The highest BCUT2D eigenvalue weighted by Crippen LogP contribution is 2.23. The number of carbonyl (C=O) groups excluding carboxylic acids is 1. The van der Waals surface area contributed by atoms with Gasteiger partial charge in [0.15, 0.2) is 0 Å². The average molecular weight is 358 g/mol. The van der Waals surface area contributed by atoms with Crippen molar-refractivity contribution >= 4 is 11.6 Å². The van der Waals surface area contributed by atoms with E-state index in [2.05, 4.69) is 9.88 Å². The molecule has 0 aliphatic carbocycles. The molecule has 2 aromatic heterocycles. The van der Waals surface area contributed by atoms with Crippen LogP contribution in [-0.4, -0.2) is 70.5 Å². The number of carbonyl (C=O) groups is 1. The van der Waals surface area contributed by atoms with Gasteiger partial charge in [-0.2, -0.15) is 0 Å². The molecule has 3 rings (SSSR count). The SMILES string of the molecule is Cc1cccc2ncc(C(=O)N3CC(CO)CC(CN(C)C)C3)c(=O)n12. The number of hydrogen-bond donors (Lipinski definition) is 1. The Hall–Kier alpha value is -2.25. The molecule has 2 atom stereocenters. The van der Waals surface area contributed by atoms with Crippen LogP contribution in [-0.2, 0) is 0 Å². The number of rotatable bonds is 4. The Morgan fingerprint density at radius 3 is 2.73 bits per heavy atom. The highest BCUT2D eigenvalue weighted by Gasteiger charge is 2.31. The molecule has 1 N–H and O–H groups in total. The lowest BCUT2D eigenvalue weighted by Gasteiger charge is -2.38. The zero-order valence-corrected chi connectivity index (χ0v) is 15.6. The van der Waals surface area contributed by atoms with Crippen LogP contribution in [0.5, 0.6) is 0 Å². The maximum Gasteiger partial charge on any atom is 0.270 e. The van der Waals surface area contributed by atoms with Crippen molar-refractivity contribution in [1.82, 2.24) is 19.2 Å². The molecule has 7 heteroatoms. The van der Waals surface area contributed by atoms with E-state index < -0.39 is 0 Å². The zero-order chi connectivity index (χ0) is 18.8. The molecule has 0 radical (unpaired) electrons. The van der Waals surface area contributed by atoms with Gasteiger partial charge in [-0.15, -0.1) is 0 Å². The van der Waals surface area contributed by atoms with Crippen LogP contribution in [0.2, 0.25) is 0 Å². The summed E-state index contributed by atoms with van der Waals surface area (Å²) in [5.74, 6) is 0.00960. The molecule has 2 aromatic rings. The Morgan fingerprint density at radius 1 is 1.31 bits per heavy atom. The highest BCUT2D eigenvalue weighted by molar-refractivity contribution is 5.93. The lowest BCUT2D eigenvalue weighted by Crippen LogP contribution is -2.48. The molecular weight excluding hydrogens is 332 g/mol. The van der Waals surface area contributed by atoms with Crippen LogP contribution in [0, 0.1) is 18.8 Å².